The molecule has 4 heteroatoms. The molecule has 0 N–H and O–H groups in total. The molecule has 0 radical (unpaired) electrons. The van der Waals surface area contributed by atoms with E-state index in [2.05, 4.69) is 16.7 Å². The number of hydrogen-bond acceptors (Lipinski definition) is 4. The van der Waals surface area contributed by atoms with Crippen molar-refractivity contribution in [1.82, 2.24) is 9.80 Å². The molecule has 0 aromatic heterocycles. The molecule has 0 spiro atoms. The van der Waals surface area contributed by atoms with E-state index >= 15 is 0 Å². The molecule has 0 bridgehead atoms. The molecular weight excluding hydrogens is 324 g/mol. The van der Waals surface area contributed by atoms with Crippen LogP contribution in [0.3, 0.4) is 0 Å². The van der Waals surface area contributed by atoms with Crippen molar-refractivity contribution in [2.24, 2.45) is 0 Å². The molecule has 26 heavy (non-hydrogen) atoms. The third-order valence-electron chi connectivity index (χ3n) is 6.01. The predicted octanol–water partition coefficient (Wildman–Crippen LogP) is 4.00. The highest BCUT2D eigenvalue weighted by atomic mass is 16.5. The van der Waals surface area contributed by atoms with Gasteiger partial charge in [-0.25, -0.2) is 0 Å². The summed E-state index contributed by atoms with van der Waals surface area (Å²) in [6, 6.07) is 8.41. The molecule has 2 fully saturated rings. The summed E-state index contributed by atoms with van der Waals surface area (Å²) in [6.45, 7) is 9.53. The number of nitrogens with zero attached hydrogens (tertiary/aromatic N) is 2. The topological polar surface area (TPSA) is 32.8 Å². The van der Waals surface area contributed by atoms with E-state index in [1.165, 1.54) is 38.6 Å². The summed E-state index contributed by atoms with van der Waals surface area (Å²) in [5.41, 5.74) is 0.793. The minimum atomic E-state index is -0.0236. The minimum Gasteiger partial charge on any atom is -0.494 e. The van der Waals surface area contributed by atoms with E-state index in [1.807, 2.05) is 31.2 Å². The van der Waals surface area contributed by atoms with Gasteiger partial charge in [-0.05, 0) is 89.9 Å². The van der Waals surface area contributed by atoms with Crippen LogP contribution in [0.2, 0.25) is 0 Å². The van der Waals surface area contributed by atoms with Gasteiger partial charge in [-0.15, -0.1) is 0 Å². The van der Waals surface area contributed by atoms with Crippen LogP contribution in [0.1, 0.15) is 62.7 Å². The van der Waals surface area contributed by atoms with E-state index < -0.39 is 0 Å². The fourth-order valence-electron chi connectivity index (χ4n) is 4.21. The van der Waals surface area contributed by atoms with Gasteiger partial charge in [-0.3, -0.25) is 9.69 Å². The van der Waals surface area contributed by atoms with E-state index in [0.717, 1.165) is 50.0 Å². The smallest absolute Gasteiger partial charge is 0.179 e. The molecule has 2 atom stereocenters. The first-order chi connectivity index (χ1) is 12.6. The molecule has 0 saturated carbocycles. The largest absolute Gasteiger partial charge is 0.494 e. The van der Waals surface area contributed by atoms with Crippen molar-refractivity contribution in [3.63, 3.8) is 0 Å². The van der Waals surface area contributed by atoms with Crippen molar-refractivity contribution >= 4 is 5.78 Å². The third-order valence-corrected chi connectivity index (χ3v) is 6.01. The predicted molar refractivity (Wildman–Crippen MR) is 106 cm³/mol. The summed E-state index contributed by atoms with van der Waals surface area (Å²) in [6.07, 6.45) is 7.41. The van der Waals surface area contributed by atoms with Crippen LogP contribution in [-0.4, -0.2) is 60.5 Å². The Morgan fingerprint density at radius 2 is 1.85 bits per heavy atom. The van der Waals surface area contributed by atoms with E-state index in [-0.39, 0.29) is 11.8 Å². The van der Waals surface area contributed by atoms with Gasteiger partial charge in [0.2, 0.25) is 0 Å². The Kier molecular flexibility index (Phi) is 7.09. The SMILES string of the molecule is CC(C(=O)c1ccc(OCCCN2CCC[C@@H]2C)cc1)N1CCCCC1. The summed E-state index contributed by atoms with van der Waals surface area (Å²) in [7, 11) is 0. The van der Waals surface area contributed by atoms with Gasteiger partial charge < -0.3 is 9.64 Å². The lowest BCUT2D eigenvalue weighted by Crippen LogP contribution is -2.42. The zero-order chi connectivity index (χ0) is 18.4. The first-order valence-electron chi connectivity index (χ1n) is 10.4. The Morgan fingerprint density at radius 1 is 1.12 bits per heavy atom. The summed E-state index contributed by atoms with van der Waals surface area (Å²) in [5.74, 6) is 1.09. The van der Waals surface area contributed by atoms with Crippen molar-refractivity contribution in [3.05, 3.63) is 29.8 Å². The maximum absolute atomic E-state index is 12.7. The summed E-state index contributed by atoms with van der Waals surface area (Å²) < 4.78 is 5.86. The Hall–Kier alpha value is -1.39. The Labute approximate surface area is 158 Å². The van der Waals surface area contributed by atoms with Crippen LogP contribution < -0.4 is 4.74 Å². The number of carbonyl (C=O) groups is 1. The van der Waals surface area contributed by atoms with Crippen molar-refractivity contribution in [3.8, 4) is 5.75 Å². The van der Waals surface area contributed by atoms with E-state index in [4.69, 9.17) is 4.74 Å². The zero-order valence-corrected chi connectivity index (χ0v) is 16.5. The number of ether oxygens (including phenoxy) is 1. The lowest BCUT2D eigenvalue weighted by atomic mass is 10.0. The van der Waals surface area contributed by atoms with Crippen molar-refractivity contribution in [2.75, 3.05) is 32.8 Å². The molecule has 2 heterocycles. The normalized spacial score (nSPS) is 23.1. The Balaban J connectivity index is 1.43. The van der Waals surface area contributed by atoms with Crippen molar-refractivity contribution in [2.45, 2.75) is 64.5 Å². The second kappa shape index (κ2) is 9.52. The van der Waals surface area contributed by atoms with E-state index in [0.29, 0.717) is 0 Å². The molecule has 2 saturated heterocycles. The van der Waals surface area contributed by atoms with Crippen LogP contribution >= 0.6 is 0 Å². The number of rotatable bonds is 8. The van der Waals surface area contributed by atoms with E-state index in [9.17, 15) is 4.79 Å². The average Bonchev–Trinajstić information content (AvgIpc) is 3.10. The van der Waals surface area contributed by atoms with Crippen LogP contribution in [-0.2, 0) is 0 Å². The molecule has 1 aromatic rings. The standard InChI is InChI=1S/C22H34N2O2/c1-18-8-6-15-23(18)16-7-17-26-21-11-9-20(10-12-21)22(25)19(2)24-13-4-3-5-14-24/h9-12,18-19H,3-8,13-17H2,1-2H3/t18-,19?/m0/s1. The number of benzene rings is 1. The van der Waals surface area contributed by atoms with Gasteiger partial charge in [0, 0.05) is 18.2 Å². The molecular formula is C22H34N2O2. The lowest BCUT2D eigenvalue weighted by Gasteiger charge is -2.31. The maximum Gasteiger partial charge on any atom is 0.179 e. The summed E-state index contributed by atoms with van der Waals surface area (Å²) >= 11 is 0. The summed E-state index contributed by atoms with van der Waals surface area (Å²) in [5, 5.41) is 0. The van der Waals surface area contributed by atoms with Crippen LogP contribution in [0, 0.1) is 0 Å². The van der Waals surface area contributed by atoms with Crippen LogP contribution in [0.5, 0.6) is 5.75 Å². The molecule has 1 unspecified atom stereocenters. The second-order valence-electron chi connectivity index (χ2n) is 7.89. The maximum atomic E-state index is 12.7. The molecule has 0 aliphatic carbocycles. The van der Waals surface area contributed by atoms with Crippen LogP contribution in [0.4, 0.5) is 0 Å². The molecule has 4 nitrogen and oxygen atoms in total. The van der Waals surface area contributed by atoms with Gasteiger partial charge in [0.1, 0.15) is 5.75 Å². The highest BCUT2D eigenvalue weighted by molar-refractivity contribution is 5.99. The number of carbonyl (C=O) groups excluding carboxylic acids is 1. The molecule has 0 amide bonds. The van der Waals surface area contributed by atoms with Gasteiger partial charge >= 0.3 is 0 Å². The van der Waals surface area contributed by atoms with Gasteiger partial charge in [0.25, 0.3) is 0 Å². The number of Topliss-reactive ketones (excluding diaryl/α,β-unsaturated/α-hetero) is 1. The molecule has 144 valence electrons. The quantitative estimate of drug-likeness (QED) is 0.519. The van der Waals surface area contributed by atoms with Crippen molar-refractivity contribution in [1.29, 1.82) is 0 Å². The number of piperidine rings is 1. The van der Waals surface area contributed by atoms with E-state index in [1.54, 1.807) is 0 Å². The second-order valence-corrected chi connectivity index (χ2v) is 7.89. The van der Waals surface area contributed by atoms with Gasteiger partial charge in [0.05, 0.1) is 12.6 Å². The van der Waals surface area contributed by atoms with Gasteiger partial charge in [-0.1, -0.05) is 6.42 Å². The fraction of sp³-hybridized carbons (Fsp3) is 0.682. The molecule has 3 rings (SSSR count). The van der Waals surface area contributed by atoms with Crippen molar-refractivity contribution < 1.29 is 9.53 Å². The highest BCUT2D eigenvalue weighted by Gasteiger charge is 2.23. The Morgan fingerprint density at radius 3 is 2.50 bits per heavy atom. The van der Waals surface area contributed by atoms with Crippen LogP contribution in [0.15, 0.2) is 24.3 Å². The zero-order valence-electron chi connectivity index (χ0n) is 16.5. The van der Waals surface area contributed by atoms with Crippen LogP contribution in [0.25, 0.3) is 0 Å². The number of likely N-dealkylation sites (tertiary alicyclic amines) is 2. The molecule has 2 aliphatic rings. The number of hydrogen-bond donors (Lipinski definition) is 0. The first-order valence-corrected chi connectivity index (χ1v) is 10.4. The van der Waals surface area contributed by atoms with Gasteiger partial charge in [0.15, 0.2) is 5.78 Å². The number of ketones is 1. The minimum absolute atomic E-state index is 0.0236. The molecule has 2 aliphatic heterocycles. The highest BCUT2D eigenvalue weighted by Crippen LogP contribution is 2.19. The first kappa shape index (κ1) is 19.4. The van der Waals surface area contributed by atoms with Gasteiger partial charge in [-0.2, -0.15) is 0 Å². The summed E-state index contributed by atoms with van der Waals surface area (Å²) in [4.78, 5) is 17.6. The lowest BCUT2D eigenvalue weighted by molar-refractivity contribution is 0.0809. The Bertz CT molecular complexity index is 566. The molecule has 1 aromatic carbocycles. The fourth-order valence-corrected chi connectivity index (χ4v) is 4.21. The average molecular weight is 359 g/mol. The third kappa shape index (κ3) is 5.08. The monoisotopic (exact) mass is 358 g/mol.